The van der Waals surface area contributed by atoms with Gasteiger partial charge in [0.2, 0.25) is 0 Å². The minimum absolute atomic E-state index is 0.130. The average Bonchev–Trinajstić information content (AvgIpc) is 2.75. The molecule has 0 aliphatic carbocycles. The maximum atomic E-state index is 13.2. The molecule has 1 amide bonds. The van der Waals surface area contributed by atoms with Gasteiger partial charge in [-0.3, -0.25) is 4.79 Å². The van der Waals surface area contributed by atoms with E-state index >= 15 is 0 Å². The molecule has 0 saturated heterocycles. The Hall–Kier alpha value is -2.92. The van der Waals surface area contributed by atoms with Crippen molar-refractivity contribution in [1.82, 2.24) is 0 Å². The van der Waals surface area contributed by atoms with Crippen LogP contribution in [0, 0.1) is 0 Å². The number of carbonyl (C=O) groups is 1. The van der Waals surface area contributed by atoms with Crippen LogP contribution in [0.25, 0.3) is 0 Å². The molecule has 0 fully saturated rings. The number of nitrogens with one attached hydrogen (secondary N) is 1. The first kappa shape index (κ1) is 19.8. The topological polar surface area (TPSA) is 49.4 Å². The summed E-state index contributed by atoms with van der Waals surface area (Å²) < 4.78 is 15.8. The van der Waals surface area contributed by atoms with Crippen molar-refractivity contribution in [2.45, 2.75) is 25.2 Å². The highest BCUT2D eigenvalue weighted by molar-refractivity contribution is 7.86. The zero-order valence-corrected chi connectivity index (χ0v) is 16.9. The predicted octanol–water partition coefficient (Wildman–Crippen LogP) is 5.05. The second kappa shape index (κ2) is 9.33. The van der Waals surface area contributed by atoms with E-state index in [2.05, 4.69) is 11.6 Å². The molecule has 0 spiro atoms. The lowest BCUT2D eigenvalue weighted by Gasteiger charge is -2.22. The molecule has 3 aromatic carbocycles. The zero-order valence-electron chi connectivity index (χ0n) is 16.1. The van der Waals surface area contributed by atoms with Crippen LogP contribution < -0.4 is 9.62 Å². The lowest BCUT2D eigenvalue weighted by Crippen LogP contribution is -2.31. The fourth-order valence-corrected chi connectivity index (χ4v) is 3.84. The van der Waals surface area contributed by atoms with Crippen LogP contribution in [-0.4, -0.2) is 16.7 Å². The van der Waals surface area contributed by atoms with Crippen molar-refractivity contribution < 1.29 is 9.00 Å². The monoisotopic (exact) mass is 392 g/mol. The standard InChI is InChI=1S/C23H24N2O2S/c1-3-18-14-16-20(17-15-18)28(27)24-22-13-9-8-12-21(22)23(26)25(4-2)19-10-6-5-7-11-19/h5-17,24H,3-4H2,1-2H3. The Morgan fingerprint density at radius 2 is 1.54 bits per heavy atom. The predicted molar refractivity (Wildman–Crippen MR) is 116 cm³/mol. The third kappa shape index (κ3) is 4.49. The normalized spacial score (nSPS) is 11.6. The van der Waals surface area contributed by atoms with Crippen molar-refractivity contribution in [3.63, 3.8) is 0 Å². The van der Waals surface area contributed by atoms with Crippen LogP contribution in [0.15, 0.2) is 83.8 Å². The molecular formula is C23H24N2O2S. The number of rotatable bonds is 7. The van der Waals surface area contributed by atoms with Gasteiger partial charge in [-0.2, -0.15) is 0 Å². The summed E-state index contributed by atoms with van der Waals surface area (Å²) in [6.45, 7) is 4.56. The number of hydrogen-bond acceptors (Lipinski definition) is 2. The van der Waals surface area contributed by atoms with Gasteiger partial charge in [0.15, 0.2) is 0 Å². The molecule has 3 aromatic rings. The van der Waals surface area contributed by atoms with Gasteiger partial charge in [0.05, 0.1) is 16.1 Å². The van der Waals surface area contributed by atoms with Crippen molar-refractivity contribution in [1.29, 1.82) is 0 Å². The molecule has 28 heavy (non-hydrogen) atoms. The van der Waals surface area contributed by atoms with Gasteiger partial charge >= 0.3 is 0 Å². The molecule has 3 rings (SSSR count). The van der Waals surface area contributed by atoms with Gasteiger partial charge in [-0.1, -0.05) is 49.4 Å². The minimum Gasteiger partial charge on any atom is -0.309 e. The molecule has 1 atom stereocenters. The second-order valence-electron chi connectivity index (χ2n) is 6.30. The third-order valence-corrected chi connectivity index (χ3v) is 5.64. The van der Waals surface area contributed by atoms with Crippen molar-refractivity contribution in [3.8, 4) is 0 Å². The van der Waals surface area contributed by atoms with Crippen molar-refractivity contribution in [2.75, 3.05) is 16.2 Å². The maximum Gasteiger partial charge on any atom is 0.260 e. The van der Waals surface area contributed by atoms with E-state index in [4.69, 9.17) is 0 Å². The number of carbonyl (C=O) groups excluding carboxylic acids is 1. The SMILES string of the molecule is CCc1ccc(S(=O)Nc2ccccc2C(=O)N(CC)c2ccccc2)cc1. The second-order valence-corrected chi connectivity index (χ2v) is 7.51. The van der Waals surface area contributed by atoms with Crippen LogP contribution in [0.4, 0.5) is 11.4 Å². The fraction of sp³-hybridized carbons (Fsp3) is 0.174. The summed E-state index contributed by atoms with van der Waals surface area (Å²) in [5, 5.41) is 0. The van der Waals surface area contributed by atoms with Crippen LogP contribution >= 0.6 is 0 Å². The van der Waals surface area contributed by atoms with Gasteiger partial charge in [0.1, 0.15) is 11.0 Å². The molecule has 4 nitrogen and oxygen atoms in total. The van der Waals surface area contributed by atoms with E-state index in [9.17, 15) is 9.00 Å². The summed E-state index contributed by atoms with van der Waals surface area (Å²) in [6.07, 6.45) is 0.935. The summed E-state index contributed by atoms with van der Waals surface area (Å²) in [5.74, 6) is -0.130. The molecule has 0 aromatic heterocycles. The van der Waals surface area contributed by atoms with E-state index < -0.39 is 11.0 Å². The molecule has 0 aliphatic rings. The Balaban J connectivity index is 1.86. The van der Waals surface area contributed by atoms with E-state index in [1.165, 1.54) is 5.56 Å². The number of nitrogens with zero attached hydrogens (tertiary/aromatic N) is 1. The molecule has 5 heteroatoms. The van der Waals surface area contributed by atoms with Crippen LogP contribution in [0.1, 0.15) is 29.8 Å². The third-order valence-electron chi connectivity index (χ3n) is 4.54. The van der Waals surface area contributed by atoms with E-state index in [-0.39, 0.29) is 5.91 Å². The van der Waals surface area contributed by atoms with Gasteiger partial charge < -0.3 is 9.62 Å². The lowest BCUT2D eigenvalue weighted by molar-refractivity contribution is 0.0989. The van der Waals surface area contributed by atoms with E-state index in [0.717, 1.165) is 12.1 Å². The average molecular weight is 393 g/mol. The van der Waals surface area contributed by atoms with Crippen molar-refractivity contribution in [3.05, 3.63) is 90.0 Å². The Morgan fingerprint density at radius 1 is 0.893 bits per heavy atom. The zero-order chi connectivity index (χ0) is 19.9. The lowest BCUT2D eigenvalue weighted by atomic mass is 10.1. The summed E-state index contributed by atoms with van der Waals surface area (Å²) in [4.78, 5) is 15.6. The Kier molecular flexibility index (Phi) is 6.61. The first-order valence-electron chi connectivity index (χ1n) is 9.37. The van der Waals surface area contributed by atoms with Crippen LogP contribution in [0.5, 0.6) is 0 Å². The summed E-state index contributed by atoms with van der Waals surface area (Å²) in [7, 11) is -1.45. The molecule has 0 heterocycles. The minimum atomic E-state index is -1.45. The first-order valence-corrected chi connectivity index (χ1v) is 10.5. The summed E-state index contributed by atoms with van der Waals surface area (Å²) >= 11 is 0. The Bertz CT molecular complexity index is 956. The van der Waals surface area contributed by atoms with Gasteiger partial charge in [-0.15, -0.1) is 0 Å². The first-order chi connectivity index (χ1) is 13.6. The maximum absolute atomic E-state index is 13.2. The highest BCUT2D eigenvalue weighted by Crippen LogP contribution is 2.23. The highest BCUT2D eigenvalue weighted by atomic mass is 32.2. The van der Waals surface area contributed by atoms with Crippen LogP contribution in [0.3, 0.4) is 0 Å². The molecule has 0 radical (unpaired) electrons. The molecule has 0 aliphatic heterocycles. The largest absolute Gasteiger partial charge is 0.309 e. The quantitative estimate of drug-likeness (QED) is 0.612. The number of amides is 1. The Morgan fingerprint density at radius 3 is 2.18 bits per heavy atom. The van der Waals surface area contributed by atoms with Gasteiger partial charge in [-0.25, -0.2) is 4.21 Å². The molecule has 1 unspecified atom stereocenters. The molecule has 144 valence electrons. The highest BCUT2D eigenvalue weighted by Gasteiger charge is 2.20. The summed E-state index contributed by atoms with van der Waals surface area (Å²) in [5.41, 5.74) is 3.07. The number of aryl methyl sites for hydroxylation is 1. The van der Waals surface area contributed by atoms with Crippen molar-refractivity contribution >= 4 is 28.3 Å². The summed E-state index contributed by atoms with van der Waals surface area (Å²) in [6, 6.07) is 24.4. The molecule has 0 saturated carbocycles. The fourth-order valence-electron chi connectivity index (χ4n) is 2.96. The number of anilines is 2. The van der Waals surface area contributed by atoms with Crippen molar-refractivity contribution in [2.24, 2.45) is 0 Å². The van der Waals surface area contributed by atoms with Gasteiger partial charge in [-0.05, 0) is 55.3 Å². The smallest absolute Gasteiger partial charge is 0.260 e. The number of para-hydroxylation sites is 2. The Labute approximate surface area is 168 Å². The van der Waals surface area contributed by atoms with E-state index in [1.54, 1.807) is 17.0 Å². The number of hydrogen-bond donors (Lipinski definition) is 1. The van der Waals surface area contributed by atoms with E-state index in [0.29, 0.717) is 22.7 Å². The molecular weight excluding hydrogens is 368 g/mol. The molecule has 1 N–H and O–H groups in total. The van der Waals surface area contributed by atoms with Gasteiger partial charge in [0.25, 0.3) is 5.91 Å². The van der Waals surface area contributed by atoms with Gasteiger partial charge in [0, 0.05) is 12.2 Å². The van der Waals surface area contributed by atoms with E-state index in [1.807, 2.05) is 73.7 Å². The number of benzene rings is 3. The van der Waals surface area contributed by atoms with Crippen LogP contribution in [-0.2, 0) is 17.4 Å². The van der Waals surface area contributed by atoms with Crippen LogP contribution in [0.2, 0.25) is 0 Å². The molecule has 0 bridgehead atoms.